The summed E-state index contributed by atoms with van der Waals surface area (Å²) in [6.45, 7) is 0.329. The lowest BCUT2D eigenvalue weighted by Crippen LogP contribution is -1.95. The van der Waals surface area contributed by atoms with Crippen LogP contribution in [-0.4, -0.2) is 12.1 Å². The molecule has 0 amide bonds. The van der Waals surface area contributed by atoms with E-state index in [2.05, 4.69) is 4.98 Å². The van der Waals surface area contributed by atoms with Crippen LogP contribution < -0.4 is 15.2 Å². The minimum absolute atomic E-state index is 0.186. The molecule has 0 aliphatic carbocycles. The van der Waals surface area contributed by atoms with E-state index in [4.69, 9.17) is 19.6 Å². The molecule has 0 spiro atoms. The van der Waals surface area contributed by atoms with Crippen LogP contribution in [0.25, 0.3) is 0 Å². The maximum atomic E-state index is 5.40. The van der Waals surface area contributed by atoms with Gasteiger partial charge in [-0.05, 0) is 24.3 Å². The van der Waals surface area contributed by atoms with E-state index in [1.165, 1.54) is 6.26 Å². The molecule has 16 heavy (non-hydrogen) atoms. The number of ether oxygens (including phenoxy) is 2. The van der Waals surface area contributed by atoms with Crippen molar-refractivity contribution in [2.75, 3.05) is 7.11 Å². The lowest BCUT2D eigenvalue weighted by molar-refractivity contribution is 0.330. The van der Waals surface area contributed by atoms with Gasteiger partial charge in [-0.2, -0.15) is 4.98 Å². The van der Waals surface area contributed by atoms with Crippen LogP contribution in [0.2, 0.25) is 0 Å². The molecular formula is C11H12N2O3. The Morgan fingerprint density at radius 3 is 2.50 bits per heavy atom. The van der Waals surface area contributed by atoms with Crippen molar-refractivity contribution in [1.29, 1.82) is 0 Å². The highest BCUT2D eigenvalue weighted by molar-refractivity contribution is 5.32. The average molecular weight is 220 g/mol. The molecule has 2 N–H and O–H groups in total. The maximum Gasteiger partial charge on any atom is 0.399 e. The second kappa shape index (κ2) is 4.67. The first-order chi connectivity index (χ1) is 7.81. The van der Waals surface area contributed by atoms with Gasteiger partial charge in [0.05, 0.1) is 12.8 Å². The first kappa shape index (κ1) is 10.5. The van der Waals surface area contributed by atoms with Gasteiger partial charge in [-0.3, -0.25) is 0 Å². The highest BCUT2D eigenvalue weighted by Gasteiger charge is 2.04. The van der Waals surface area contributed by atoms with Crippen LogP contribution >= 0.6 is 0 Å². The van der Waals surface area contributed by atoms with Gasteiger partial charge in [-0.1, -0.05) is 0 Å². The Balaban J connectivity index is 2.08. The molecule has 0 saturated carbocycles. The first-order valence-electron chi connectivity index (χ1n) is 4.78. The molecule has 1 aromatic carbocycles. The fraction of sp³-hybridized carbons (Fsp3) is 0.182. The van der Waals surface area contributed by atoms with E-state index in [9.17, 15) is 0 Å². The molecule has 5 nitrogen and oxygen atoms in total. The van der Waals surface area contributed by atoms with E-state index in [0.29, 0.717) is 18.0 Å². The number of methoxy groups -OCH3 is 1. The third kappa shape index (κ3) is 2.32. The van der Waals surface area contributed by atoms with E-state index < -0.39 is 0 Å². The van der Waals surface area contributed by atoms with E-state index >= 15 is 0 Å². The molecule has 0 aliphatic heterocycles. The summed E-state index contributed by atoms with van der Waals surface area (Å²) in [5.41, 5.74) is 6.06. The van der Waals surface area contributed by atoms with Gasteiger partial charge in [0.15, 0.2) is 0 Å². The molecule has 5 heteroatoms. The Morgan fingerprint density at radius 1 is 1.25 bits per heavy atom. The topological polar surface area (TPSA) is 70.5 Å². The molecule has 2 rings (SSSR count). The normalized spacial score (nSPS) is 10.1. The number of nitrogens with two attached hydrogens (primary N) is 1. The molecule has 0 bridgehead atoms. The molecule has 0 fully saturated rings. The van der Waals surface area contributed by atoms with Crippen molar-refractivity contribution in [3.8, 4) is 17.6 Å². The fourth-order valence-corrected chi connectivity index (χ4v) is 1.17. The Labute approximate surface area is 92.8 Å². The summed E-state index contributed by atoms with van der Waals surface area (Å²) in [4.78, 5) is 4.02. The summed E-state index contributed by atoms with van der Waals surface area (Å²) >= 11 is 0. The summed E-state index contributed by atoms with van der Waals surface area (Å²) in [5.74, 6) is 1.40. The molecule has 1 aromatic heterocycles. The summed E-state index contributed by atoms with van der Waals surface area (Å²) in [6, 6.07) is 7.13. The van der Waals surface area contributed by atoms with Crippen molar-refractivity contribution in [1.82, 2.24) is 4.98 Å². The Bertz CT molecular complexity index is 451. The molecule has 1 heterocycles. The van der Waals surface area contributed by atoms with Gasteiger partial charge >= 0.3 is 6.08 Å². The van der Waals surface area contributed by atoms with Gasteiger partial charge in [0, 0.05) is 6.54 Å². The van der Waals surface area contributed by atoms with Crippen LogP contribution in [0, 0.1) is 0 Å². The molecule has 0 radical (unpaired) electrons. The smallest absolute Gasteiger partial charge is 0.399 e. The molecule has 0 unspecified atom stereocenters. The predicted octanol–water partition coefficient (Wildman–Crippen LogP) is 1.93. The van der Waals surface area contributed by atoms with Crippen molar-refractivity contribution >= 4 is 0 Å². The summed E-state index contributed by atoms with van der Waals surface area (Å²) < 4.78 is 15.5. The van der Waals surface area contributed by atoms with Gasteiger partial charge in [0.2, 0.25) is 0 Å². The maximum absolute atomic E-state index is 5.40. The van der Waals surface area contributed by atoms with Gasteiger partial charge in [0.1, 0.15) is 17.8 Å². The number of oxazole rings is 1. The third-order valence-electron chi connectivity index (χ3n) is 2.00. The van der Waals surface area contributed by atoms with Gasteiger partial charge in [-0.25, -0.2) is 0 Å². The van der Waals surface area contributed by atoms with E-state index in [-0.39, 0.29) is 6.08 Å². The number of hydrogen-bond acceptors (Lipinski definition) is 5. The third-order valence-corrected chi connectivity index (χ3v) is 2.00. The minimum atomic E-state index is 0.186. The number of benzene rings is 1. The highest BCUT2D eigenvalue weighted by Crippen LogP contribution is 2.22. The molecular weight excluding hydrogens is 208 g/mol. The number of aromatic nitrogens is 1. The Morgan fingerprint density at radius 2 is 1.94 bits per heavy atom. The summed E-state index contributed by atoms with van der Waals surface area (Å²) in [7, 11) is 1.61. The summed E-state index contributed by atoms with van der Waals surface area (Å²) in [5, 5.41) is 0. The van der Waals surface area contributed by atoms with Crippen LogP contribution in [-0.2, 0) is 6.54 Å². The zero-order valence-corrected chi connectivity index (χ0v) is 8.84. The first-order valence-corrected chi connectivity index (χ1v) is 4.78. The van der Waals surface area contributed by atoms with Crippen molar-refractivity contribution < 1.29 is 13.9 Å². The van der Waals surface area contributed by atoms with Crippen LogP contribution in [0.1, 0.15) is 5.69 Å². The predicted molar refractivity (Wildman–Crippen MR) is 57.5 cm³/mol. The molecule has 0 saturated heterocycles. The molecule has 84 valence electrons. The Kier molecular flexibility index (Phi) is 3.07. The Hall–Kier alpha value is -2.01. The standard InChI is InChI=1S/C11H12N2O3/c1-14-9-2-4-10(5-3-9)16-11-13-8(6-12)7-15-11/h2-5,7H,6,12H2,1H3. The van der Waals surface area contributed by atoms with Gasteiger partial charge < -0.3 is 19.6 Å². The quantitative estimate of drug-likeness (QED) is 0.852. The fourth-order valence-electron chi connectivity index (χ4n) is 1.17. The molecule has 0 aliphatic rings. The largest absolute Gasteiger partial charge is 0.497 e. The minimum Gasteiger partial charge on any atom is -0.497 e. The SMILES string of the molecule is COc1ccc(Oc2nc(CN)co2)cc1. The second-order valence-electron chi connectivity index (χ2n) is 3.09. The van der Waals surface area contributed by atoms with E-state index in [1.807, 2.05) is 0 Å². The number of hydrogen-bond donors (Lipinski definition) is 1. The van der Waals surface area contributed by atoms with Crippen LogP contribution in [0.15, 0.2) is 34.9 Å². The molecule has 2 aromatic rings. The second-order valence-corrected chi connectivity index (χ2v) is 3.09. The van der Waals surface area contributed by atoms with E-state index in [0.717, 1.165) is 5.75 Å². The zero-order valence-electron chi connectivity index (χ0n) is 8.84. The van der Waals surface area contributed by atoms with Gasteiger partial charge in [-0.15, -0.1) is 0 Å². The van der Waals surface area contributed by atoms with Crippen LogP contribution in [0.3, 0.4) is 0 Å². The summed E-state index contributed by atoms with van der Waals surface area (Å²) in [6.07, 6.45) is 1.66. The van der Waals surface area contributed by atoms with Crippen molar-refractivity contribution in [3.63, 3.8) is 0 Å². The van der Waals surface area contributed by atoms with Crippen molar-refractivity contribution in [2.45, 2.75) is 6.54 Å². The van der Waals surface area contributed by atoms with Crippen LogP contribution in [0.5, 0.6) is 17.6 Å². The average Bonchev–Trinajstić information content (AvgIpc) is 2.78. The van der Waals surface area contributed by atoms with Crippen molar-refractivity contribution in [3.05, 3.63) is 36.2 Å². The number of nitrogens with zero attached hydrogens (tertiary/aromatic N) is 1. The van der Waals surface area contributed by atoms with Gasteiger partial charge in [0.25, 0.3) is 0 Å². The molecule has 0 atom stereocenters. The van der Waals surface area contributed by atoms with Crippen LogP contribution in [0.4, 0.5) is 0 Å². The van der Waals surface area contributed by atoms with Crippen molar-refractivity contribution in [2.24, 2.45) is 5.73 Å². The highest BCUT2D eigenvalue weighted by atomic mass is 16.6. The van der Waals surface area contributed by atoms with E-state index in [1.54, 1.807) is 31.4 Å². The lowest BCUT2D eigenvalue weighted by atomic mass is 10.3. The zero-order chi connectivity index (χ0) is 11.4. The number of rotatable bonds is 4. The lowest BCUT2D eigenvalue weighted by Gasteiger charge is -2.02. The monoisotopic (exact) mass is 220 g/mol.